The lowest BCUT2D eigenvalue weighted by molar-refractivity contribution is 0.585. The van der Waals surface area contributed by atoms with Crippen molar-refractivity contribution in [2.24, 2.45) is 5.92 Å². The van der Waals surface area contributed by atoms with Crippen LogP contribution in [0.3, 0.4) is 0 Å². The van der Waals surface area contributed by atoms with Crippen molar-refractivity contribution in [2.75, 3.05) is 11.1 Å². The molecule has 3 N–H and O–H groups in total. The molecule has 0 saturated heterocycles. The Morgan fingerprint density at radius 2 is 2.18 bits per heavy atom. The van der Waals surface area contributed by atoms with Gasteiger partial charge in [-0.15, -0.1) is 0 Å². The molecule has 1 saturated carbocycles. The van der Waals surface area contributed by atoms with Crippen LogP contribution in [0.1, 0.15) is 32.6 Å². The topological polar surface area (TPSA) is 50.9 Å². The zero-order chi connectivity index (χ0) is 12.4. The predicted molar refractivity (Wildman–Crippen MR) is 73.7 cm³/mol. The summed E-state index contributed by atoms with van der Waals surface area (Å²) in [6.07, 6.45) is 4.93. The third-order valence-corrected chi connectivity index (χ3v) is 3.70. The van der Waals surface area contributed by atoms with Gasteiger partial charge in [0.15, 0.2) is 0 Å². The van der Waals surface area contributed by atoms with Crippen LogP contribution >= 0.6 is 23.2 Å². The summed E-state index contributed by atoms with van der Waals surface area (Å²) in [6, 6.07) is 2.05. The lowest BCUT2D eigenvalue weighted by Gasteiger charge is -2.18. The molecule has 17 heavy (non-hydrogen) atoms. The number of nitrogen functional groups attached to an aromatic ring is 1. The molecule has 0 aromatic carbocycles. The summed E-state index contributed by atoms with van der Waals surface area (Å²) in [4.78, 5) is 4.19. The molecule has 2 rings (SSSR count). The first-order valence-electron chi connectivity index (χ1n) is 5.98. The minimum Gasteiger partial charge on any atom is -0.382 e. The first-order chi connectivity index (χ1) is 8.10. The maximum absolute atomic E-state index is 6.09. The third-order valence-electron chi connectivity index (χ3n) is 3.11. The Morgan fingerprint density at radius 3 is 2.76 bits per heavy atom. The van der Waals surface area contributed by atoms with Crippen LogP contribution in [0.4, 0.5) is 11.6 Å². The fraction of sp³-hybridized carbons (Fsp3) is 0.583. The summed E-state index contributed by atoms with van der Waals surface area (Å²) < 4.78 is 0. The van der Waals surface area contributed by atoms with Crippen LogP contribution in [0.15, 0.2) is 6.07 Å². The Hall–Kier alpha value is -0.670. The van der Waals surface area contributed by atoms with Crippen LogP contribution in [0.5, 0.6) is 0 Å². The van der Waals surface area contributed by atoms with Crippen LogP contribution < -0.4 is 11.1 Å². The number of aromatic nitrogens is 1. The molecule has 0 bridgehead atoms. The second-order valence-electron chi connectivity index (χ2n) is 4.61. The Balaban J connectivity index is 2.07. The molecule has 94 valence electrons. The van der Waals surface area contributed by atoms with Crippen LogP contribution in [-0.4, -0.2) is 11.0 Å². The van der Waals surface area contributed by atoms with Crippen molar-refractivity contribution < 1.29 is 0 Å². The number of nitrogens with zero attached hydrogens (tertiary/aromatic N) is 1. The van der Waals surface area contributed by atoms with Gasteiger partial charge in [-0.25, -0.2) is 4.98 Å². The van der Waals surface area contributed by atoms with Gasteiger partial charge >= 0.3 is 0 Å². The van der Waals surface area contributed by atoms with E-state index >= 15 is 0 Å². The molecule has 5 heteroatoms. The van der Waals surface area contributed by atoms with Crippen LogP contribution in [0.2, 0.25) is 10.0 Å². The van der Waals surface area contributed by atoms with Crippen molar-refractivity contribution >= 4 is 34.8 Å². The number of anilines is 2. The smallest absolute Gasteiger partial charge is 0.147 e. The molecule has 1 aliphatic rings. The highest BCUT2D eigenvalue weighted by molar-refractivity contribution is 6.37. The Kier molecular flexibility index (Phi) is 4.00. The number of hydrogen-bond acceptors (Lipinski definition) is 3. The average molecular weight is 274 g/mol. The minimum atomic E-state index is 0.319. The lowest BCUT2D eigenvalue weighted by atomic mass is 10.1. The van der Waals surface area contributed by atoms with Crippen molar-refractivity contribution in [3.05, 3.63) is 16.1 Å². The molecule has 1 unspecified atom stereocenters. The number of hydrogen-bond donors (Lipinski definition) is 2. The minimum absolute atomic E-state index is 0.319. The van der Waals surface area contributed by atoms with E-state index in [1.54, 1.807) is 6.07 Å². The molecule has 1 fully saturated rings. The largest absolute Gasteiger partial charge is 0.382 e. The first kappa shape index (κ1) is 12.8. The van der Waals surface area contributed by atoms with Gasteiger partial charge in [0.1, 0.15) is 11.6 Å². The molecular formula is C12H17Cl2N3. The third kappa shape index (κ3) is 3.39. The quantitative estimate of drug-likeness (QED) is 0.854. The molecule has 0 amide bonds. The van der Waals surface area contributed by atoms with Crippen molar-refractivity contribution in [1.82, 2.24) is 4.98 Å². The zero-order valence-corrected chi connectivity index (χ0v) is 11.4. The van der Waals surface area contributed by atoms with E-state index in [0.717, 1.165) is 12.3 Å². The van der Waals surface area contributed by atoms with Crippen molar-refractivity contribution in [2.45, 2.75) is 38.6 Å². The number of pyridine rings is 1. The molecule has 0 spiro atoms. The standard InChI is InChI=1S/C12H17Cl2N3/c1-2-8(5-7-3-4-7)16-12-10(14)6-9(13)11(15)17-12/h6-8H,2-5H2,1H3,(H3,15,16,17). The molecular weight excluding hydrogens is 257 g/mol. The number of rotatable bonds is 5. The van der Waals surface area contributed by atoms with Gasteiger partial charge in [-0.1, -0.05) is 43.0 Å². The highest BCUT2D eigenvalue weighted by Crippen LogP contribution is 2.35. The Labute approximate surface area is 112 Å². The molecule has 1 heterocycles. The molecule has 1 aliphatic carbocycles. The van der Waals surface area contributed by atoms with E-state index in [2.05, 4.69) is 17.2 Å². The molecule has 0 radical (unpaired) electrons. The normalized spacial score (nSPS) is 16.9. The molecule has 1 atom stereocenters. The molecule has 1 aromatic rings. The maximum Gasteiger partial charge on any atom is 0.147 e. The van der Waals surface area contributed by atoms with E-state index in [-0.39, 0.29) is 0 Å². The van der Waals surface area contributed by atoms with E-state index in [9.17, 15) is 0 Å². The predicted octanol–water partition coefficient (Wildman–Crippen LogP) is 3.96. The van der Waals surface area contributed by atoms with Crippen molar-refractivity contribution in [3.63, 3.8) is 0 Å². The zero-order valence-electron chi connectivity index (χ0n) is 9.84. The maximum atomic E-state index is 6.09. The summed E-state index contributed by atoms with van der Waals surface area (Å²) in [6.45, 7) is 2.16. The Bertz CT molecular complexity index is 405. The number of halogens is 2. The van der Waals surface area contributed by atoms with Gasteiger partial charge in [0.25, 0.3) is 0 Å². The molecule has 1 aromatic heterocycles. The summed E-state index contributed by atoms with van der Waals surface area (Å²) in [5.41, 5.74) is 5.68. The SMILES string of the molecule is CCC(CC1CC1)Nc1nc(N)c(Cl)cc1Cl. The summed E-state index contributed by atoms with van der Waals surface area (Å²) in [7, 11) is 0. The average Bonchev–Trinajstić information content (AvgIpc) is 3.08. The van der Waals surface area contributed by atoms with E-state index < -0.39 is 0 Å². The van der Waals surface area contributed by atoms with Crippen molar-refractivity contribution in [1.29, 1.82) is 0 Å². The highest BCUT2D eigenvalue weighted by Gasteiger charge is 2.25. The number of nitrogens with one attached hydrogen (secondary N) is 1. The van der Waals surface area contributed by atoms with Gasteiger partial charge in [-0.05, 0) is 24.8 Å². The van der Waals surface area contributed by atoms with E-state index in [0.29, 0.717) is 27.7 Å². The van der Waals surface area contributed by atoms with Crippen molar-refractivity contribution in [3.8, 4) is 0 Å². The monoisotopic (exact) mass is 273 g/mol. The molecule has 0 aliphatic heterocycles. The summed E-state index contributed by atoms with van der Waals surface area (Å²) >= 11 is 11.9. The summed E-state index contributed by atoms with van der Waals surface area (Å²) in [5, 5.41) is 4.28. The second kappa shape index (κ2) is 5.32. The van der Waals surface area contributed by atoms with Gasteiger partial charge < -0.3 is 11.1 Å². The highest BCUT2D eigenvalue weighted by atomic mass is 35.5. The van der Waals surface area contributed by atoms with Gasteiger partial charge in [-0.2, -0.15) is 0 Å². The van der Waals surface area contributed by atoms with Crippen LogP contribution in [0, 0.1) is 5.92 Å². The fourth-order valence-corrected chi connectivity index (χ4v) is 2.27. The van der Waals surface area contributed by atoms with Gasteiger partial charge in [0.2, 0.25) is 0 Å². The van der Waals surface area contributed by atoms with Gasteiger partial charge in [0.05, 0.1) is 10.0 Å². The van der Waals surface area contributed by atoms with Gasteiger partial charge in [0, 0.05) is 6.04 Å². The number of nitrogens with two attached hydrogens (primary N) is 1. The van der Waals surface area contributed by atoms with Gasteiger partial charge in [-0.3, -0.25) is 0 Å². The molecule has 3 nitrogen and oxygen atoms in total. The van der Waals surface area contributed by atoms with Crippen LogP contribution in [0.25, 0.3) is 0 Å². The summed E-state index contributed by atoms with van der Waals surface area (Å²) in [5.74, 6) is 1.83. The van der Waals surface area contributed by atoms with Crippen LogP contribution in [-0.2, 0) is 0 Å². The van der Waals surface area contributed by atoms with E-state index in [1.165, 1.54) is 19.3 Å². The first-order valence-corrected chi connectivity index (χ1v) is 6.73. The lowest BCUT2D eigenvalue weighted by Crippen LogP contribution is -2.20. The Morgan fingerprint density at radius 1 is 1.47 bits per heavy atom. The van der Waals surface area contributed by atoms with E-state index in [1.807, 2.05) is 0 Å². The second-order valence-corrected chi connectivity index (χ2v) is 5.43. The van der Waals surface area contributed by atoms with E-state index in [4.69, 9.17) is 28.9 Å². The fourth-order valence-electron chi connectivity index (χ4n) is 1.86.